The maximum Gasteiger partial charge on any atom is 0.245 e. The predicted octanol–water partition coefficient (Wildman–Crippen LogP) is 2.87. The molecule has 0 aliphatic rings. The Morgan fingerprint density at radius 3 is 2.57 bits per heavy atom. The summed E-state index contributed by atoms with van der Waals surface area (Å²) >= 11 is 0. The summed E-state index contributed by atoms with van der Waals surface area (Å²) in [5.41, 5.74) is 8.21. The van der Waals surface area contributed by atoms with E-state index in [1.54, 1.807) is 6.20 Å². The van der Waals surface area contributed by atoms with E-state index < -0.39 is 6.04 Å². The van der Waals surface area contributed by atoms with E-state index in [-0.39, 0.29) is 5.91 Å². The second kappa shape index (κ2) is 5.73. The molecule has 0 fully saturated rings. The lowest BCUT2D eigenvalue weighted by Gasteiger charge is -2.13. The Morgan fingerprint density at radius 1 is 1.00 bits per heavy atom. The van der Waals surface area contributed by atoms with Gasteiger partial charge in [0.1, 0.15) is 6.04 Å². The van der Waals surface area contributed by atoms with E-state index >= 15 is 0 Å². The molecule has 1 amide bonds. The highest BCUT2D eigenvalue weighted by atomic mass is 16.2. The third-order valence-electron chi connectivity index (χ3n) is 3.33. The second-order valence-corrected chi connectivity index (χ2v) is 4.76. The van der Waals surface area contributed by atoms with Gasteiger partial charge in [0, 0.05) is 11.6 Å². The first-order valence-corrected chi connectivity index (χ1v) is 6.71. The number of rotatable bonds is 3. The lowest BCUT2D eigenvalue weighted by molar-refractivity contribution is -0.117. The van der Waals surface area contributed by atoms with Crippen molar-refractivity contribution in [3.63, 3.8) is 0 Å². The average Bonchev–Trinajstić information content (AvgIpc) is 2.55. The van der Waals surface area contributed by atoms with Crippen molar-refractivity contribution in [2.75, 3.05) is 5.32 Å². The average molecular weight is 277 g/mol. The molecule has 104 valence electrons. The van der Waals surface area contributed by atoms with Crippen molar-refractivity contribution in [1.82, 2.24) is 4.98 Å². The van der Waals surface area contributed by atoms with Gasteiger partial charge in [0.2, 0.25) is 5.91 Å². The van der Waals surface area contributed by atoms with Gasteiger partial charge in [-0.25, -0.2) is 0 Å². The number of nitrogens with two attached hydrogens (primary N) is 1. The standard InChI is InChI=1S/C17H15N3O/c18-15(12-6-2-1-3-7-12)17(21)20-14-10-4-8-13-9-5-11-19-16(13)14/h1-11,15H,18H2,(H,20,21)/t15-/m1/s1. The van der Waals surface area contributed by atoms with Gasteiger partial charge in [-0.3, -0.25) is 9.78 Å². The lowest BCUT2D eigenvalue weighted by atomic mass is 10.1. The summed E-state index contributed by atoms with van der Waals surface area (Å²) in [5, 5.41) is 3.83. The Bertz CT molecular complexity index is 766. The van der Waals surface area contributed by atoms with Crippen LogP contribution in [-0.4, -0.2) is 10.9 Å². The van der Waals surface area contributed by atoms with Gasteiger partial charge in [0.05, 0.1) is 11.2 Å². The molecule has 3 rings (SSSR count). The Labute approximate surface area is 122 Å². The van der Waals surface area contributed by atoms with Crippen LogP contribution in [0.3, 0.4) is 0 Å². The molecule has 0 spiro atoms. The van der Waals surface area contributed by atoms with Crippen molar-refractivity contribution in [3.8, 4) is 0 Å². The van der Waals surface area contributed by atoms with Gasteiger partial charge < -0.3 is 11.1 Å². The number of benzene rings is 2. The molecule has 0 saturated carbocycles. The summed E-state index contributed by atoms with van der Waals surface area (Å²) in [7, 11) is 0. The Balaban J connectivity index is 1.87. The highest BCUT2D eigenvalue weighted by Crippen LogP contribution is 2.22. The largest absolute Gasteiger partial charge is 0.323 e. The van der Waals surface area contributed by atoms with Crippen LogP contribution in [0.5, 0.6) is 0 Å². The normalized spacial score (nSPS) is 12.0. The number of amides is 1. The van der Waals surface area contributed by atoms with Crippen LogP contribution in [-0.2, 0) is 4.79 Å². The smallest absolute Gasteiger partial charge is 0.245 e. The van der Waals surface area contributed by atoms with E-state index in [2.05, 4.69) is 10.3 Å². The molecule has 21 heavy (non-hydrogen) atoms. The van der Waals surface area contributed by atoms with Gasteiger partial charge in [-0.1, -0.05) is 48.5 Å². The van der Waals surface area contributed by atoms with Crippen molar-refractivity contribution in [2.24, 2.45) is 5.73 Å². The molecule has 4 nitrogen and oxygen atoms in total. The van der Waals surface area contributed by atoms with E-state index in [1.165, 1.54) is 0 Å². The van der Waals surface area contributed by atoms with Crippen LogP contribution in [0.4, 0.5) is 5.69 Å². The molecule has 1 aromatic heterocycles. The minimum atomic E-state index is -0.704. The first kappa shape index (κ1) is 13.3. The van der Waals surface area contributed by atoms with Crippen LogP contribution in [0.2, 0.25) is 0 Å². The van der Waals surface area contributed by atoms with Crippen LogP contribution in [0, 0.1) is 0 Å². The van der Waals surface area contributed by atoms with Gasteiger partial charge in [-0.2, -0.15) is 0 Å². The molecule has 0 unspecified atom stereocenters. The number of carbonyl (C=O) groups excluding carboxylic acids is 1. The molecule has 0 saturated heterocycles. The maximum atomic E-state index is 12.3. The number of nitrogens with one attached hydrogen (secondary N) is 1. The van der Waals surface area contributed by atoms with Crippen LogP contribution in [0.15, 0.2) is 66.9 Å². The number of hydrogen-bond donors (Lipinski definition) is 2. The molecule has 1 atom stereocenters. The fraction of sp³-hybridized carbons (Fsp3) is 0.0588. The second-order valence-electron chi connectivity index (χ2n) is 4.76. The number of hydrogen-bond acceptors (Lipinski definition) is 3. The SMILES string of the molecule is N[C@@H](C(=O)Nc1cccc2cccnc12)c1ccccc1. The molecule has 0 radical (unpaired) electrons. The van der Waals surface area contributed by atoms with E-state index in [0.717, 1.165) is 16.5 Å². The minimum Gasteiger partial charge on any atom is -0.323 e. The fourth-order valence-corrected chi connectivity index (χ4v) is 2.23. The van der Waals surface area contributed by atoms with Crippen LogP contribution in [0.25, 0.3) is 10.9 Å². The molecule has 0 bridgehead atoms. The number of nitrogens with zero attached hydrogens (tertiary/aromatic N) is 1. The third-order valence-corrected chi connectivity index (χ3v) is 3.33. The zero-order valence-electron chi connectivity index (χ0n) is 11.4. The molecule has 3 N–H and O–H groups in total. The monoisotopic (exact) mass is 277 g/mol. The summed E-state index contributed by atoms with van der Waals surface area (Å²) < 4.78 is 0. The molecule has 4 heteroatoms. The van der Waals surface area contributed by atoms with E-state index in [0.29, 0.717) is 5.69 Å². The van der Waals surface area contributed by atoms with Crippen LogP contribution < -0.4 is 11.1 Å². The molecule has 3 aromatic rings. The van der Waals surface area contributed by atoms with E-state index in [9.17, 15) is 4.79 Å². The van der Waals surface area contributed by atoms with Gasteiger partial charge in [0.15, 0.2) is 0 Å². The summed E-state index contributed by atoms with van der Waals surface area (Å²) in [5.74, 6) is -0.251. The van der Waals surface area contributed by atoms with Crippen molar-refractivity contribution >= 4 is 22.5 Å². The summed E-state index contributed by atoms with van der Waals surface area (Å²) in [6, 6.07) is 18.1. The zero-order chi connectivity index (χ0) is 14.7. The zero-order valence-corrected chi connectivity index (χ0v) is 11.4. The highest BCUT2D eigenvalue weighted by molar-refractivity contribution is 6.02. The molecular formula is C17H15N3O. The number of para-hydroxylation sites is 1. The van der Waals surface area contributed by atoms with Gasteiger partial charge in [0.25, 0.3) is 0 Å². The summed E-state index contributed by atoms with van der Waals surface area (Å²) in [6.45, 7) is 0. The Kier molecular flexibility index (Phi) is 3.62. The Hall–Kier alpha value is -2.72. The van der Waals surface area contributed by atoms with Crippen LogP contribution in [0.1, 0.15) is 11.6 Å². The first-order valence-electron chi connectivity index (χ1n) is 6.71. The van der Waals surface area contributed by atoms with Crippen molar-refractivity contribution in [3.05, 3.63) is 72.4 Å². The van der Waals surface area contributed by atoms with Gasteiger partial charge in [-0.15, -0.1) is 0 Å². The van der Waals surface area contributed by atoms with Crippen LogP contribution >= 0.6 is 0 Å². The summed E-state index contributed by atoms with van der Waals surface area (Å²) in [6.07, 6.45) is 1.70. The molecular weight excluding hydrogens is 262 g/mol. The lowest BCUT2D eigenvalue weighted by Crippen LogP contribution is -2.27. The minimum absolute atomic E-state index is 0.251. The van der Waals surface area contributed by atoms with Crippen molar-refractivity contribution in [1.29, 1.82) is 0 Å². The highest BCUT2D eigenvalue weighted by Gasteiger charge is 2.16. The molecule has 0 aliphatic carbocycles. The quantitative estimate of drug-likeness (QED) is 0.773. The Morgan fingerprint density at radius 2 is 1.76 bits per heavy atom. The van der Waals surface area contributed by atoms with E-state index in [4.69, 9.17) is 5.73 Å². The number of aromatic nitrogens is 1. The fourth-order valence-electron chi connectivity index (χ4n) is 2.23. The van der Waals surface area contributed by atoms with Gasteiger partial charge >= 0.3 is 0 Å². The topological polar surface area (TPSA) is 68.0 Å². The first-order chi connectivity index (χ1) is 10.3. The summed E-state index contributed by atoms with van der Waals surface area (Å²) in [4.78, 5) is 16.6. The molecule has 2 aromatic carbocycles. The van der Waals surface area contributed by atoms with Gasteiger partial charge in [-0.05, 0) is 17.7 Å². The molecule has 0 aliphatic heterocycles. The predicted molar refractivity (Wildman–Crippen MR) is 83.7 cm³/mol. The molecule has 1 heterocycles. The third kappa shape index (κ3) is 2.75. The number of carbonyl (C=O) groups is 1. The van der Waals surface area contributed by atoms with Crippen molar-refractivity contribution < 1.29 is 4.79 Å². The van der Waals surface area contributed by atoms with Crippen molar-refractivity contribution in [2.45, 2.75) is 6.04 Å². The number of fused-ring (bicyclic) bond motifs is 1. The number of anilines is 1. The number of pyridine rings is 1. The maximum absolute atomic E-state index is 12.3. The van der Waals surface area contributed by atoms with E-state index in [1.807, 2.05) is 60.7 Å².